The maximum atomic E-state index is 6.07. The van der Waals surface area contributed by atoms with E-state index in [1.807, 2.05) is 17.1 Å². The normalized spacial score (nSPS) is 22.8. The van der Waals surface area contributed by atoms with E-state index in [1.54, 1.807) is 6.20 Å². The van der Waals surface area contributed by atoms with Crippen molar-refractivity contribution < 1.29 is 0 Å². The zero-order chi connectivity index (χ0) is 13.9. The number of aromatic nitrogens is 2. The smallest absolute Gasteiger partial charge is 0.0991 e. The molecular weight excluding hydrogens is 284 g/mol. The van der Waals surface area contributed by atoms with Crippen molar-refractivity contribution in [1.29, 1.82) is 0 Å². The Bertz CT molecular complexity index is 538. The Hall–Kier alpha value is -1.36. The maximum Gasteiger partial charge on any atom is 0.0991 e. The van der Waals surface area contributed by atoms with Crippen molar-refractivity contribution in [3.63, 3.8) is 0 Å². The lowest BCUT2D eigenvalue weighted by Gasteiger charge is -2.35. The highest BCUT2D eigenvalue weighted by Crippen LogP contribution is 2.18. The van der Waals surface area contributed by atoms with Crippen LogP contribution < -0.4 is 5.73 Å². The van der Waals surface area contributed by atoms with Gasteiger partial charge < -0.3 is 10.3 Å². The Kier molecular flexibility index (Phi) is 5.39. The van der Waals surface area contributed by atoms with Crippen LogP contribution in [0.15, 0.2) is 43.0 Å². The second kappa shape index (κ2) is 7.07. The standard InChI is InChI=1S/C16H22N4.ClH/c1-13-10-19(8-6-16(13)17)11-14-2-4-15(5-3-14)20-9-7-18-12-20;/h2-5,7,9,12-13,16H,6,8,10-11,17H2,1H3;1H. The minimum atomic E-state index is 0. The Balaban J connectivity index is 0.00000161. The fraction of sp³-hybridized carbons (Fsp3) is 0.438. The summed E-state index contributed by atoms with van der Waals surface area (Å²) in [4.78, 5) is 6.57. The molecule has 1 aromatic carbocycles. The Morgan fingerprint density at radius 1 is 1.29 bits per heavy atom. The number of nitrogens with zero attached hydrogens (tertiary/aromatic N) is 3. The average molecular weight is 307 g/mol. The van der Waals surface area contributed by atoms with Crippen molar-refractivity contribution in [2.24, 2.45) is 11.7 Å². The maximum absolute atomic E-state index is 6.07. The van der Waals surface area contributed by atoms with Crippen LogP contribution in [0.3, 0.4) is 0 Å². The second-order valence-corrected chi connectivity index (χ2v) is 5.80. The van der Waals surface area contributed by atoms with Gasteiger partial charge >= 0.3 is 0 Å². The van der Waals surface area contributed by atoms with Crippen molar-refractivity contribution in [3.8, 4) is 5.69 Å². The van der Waals surface area contributed by atoms with Crippen LogP contribution in [0.5, 0.6) is 0 Å². The van der Waals surface area contributed by atoms with Crippen LogP contribution in [0.2, 0.25) is 0 Å². The van der Waals surface area contributed by atoms with Gasteiger partial charge in [0.25, 0.3) is 0 Å². The number of benzene rings is 1. The van der Waals surface area contributed by atoms with Crippen LogP contribution in [-0.2, 0) is 6.54 Å². The third-order valence-corrected chi connectivity index (χ3v) is 4.20. The molecule has 0 spiro atoms. The average Bonchev–Trinajstić information content (AvgIpc) is 2.98. The number of hydrogen-bond donors (Lipinski definition) is 1. The monoisotopic (exact) mass is 306 g/mol. The first-order chi connectivity index (χ1) is 9.72. The van der Waals surface area contributed by atoms with Crippen LogP contribution in [0.4, 0.5) is 0 Å². The van der Waals surface area contributed by atoms with Crippen molar-refractivity contribution in [3.05, 3.63) is 48.5 Å². The number of halogens is 1. The molecule has 1 saturated heterocycles. The van der Waals surface area contributed by atoms with E-state index in [4.69, 9.17) is 5.73 Å². The highest BCUT2D eigenvalue weighted by molar-refractivity contribution is 5.85. The summed E-state index contributed by atoms with van der Waals surface area (Å²) in [6, 6.07) is 9.07. The summed E-state index contributed by atoms with van der Waals surface area (Å²) in [5.74, 6) is 0.592. The molecule has 0 radical (unpaired) electrons. The molecule has 21 heavy (non-hydrogen) atoms. The van der Waals surface area contributed by atoms with Crippen LogP contribution >= 0.6 is 12.4 Å². The zero-order valence-electron chi connectivity index (χ0n) is 12.4. The van der Waals surface area contributed by atoms with Gasteiger partial charge in [0.15, 0.2) is 0 Å². The fourth-order valence-electron chi connectivity index (χ4n) is 2.84. The van der Waals surface area contributed by atoms with Gasteiger partial charge in [0.2, 0.25) is 0 Å². The van der Waals surface area contributed by atoms with E-state index in [1.165, 1.54) is 5.56 Å². The highest BCUT2D eigenvalue weighted by atomic mass is 35.5. The molecular formula is C16H23ClN4. The van der Waals surface area contributed by atoms with Gasteiger partial charge in [-0.3, -0.25) is 4.90 Å². The summed E-state index contributed by atoms with van der Waals surface area (Å²) >= 11 is 0. The van der Waals surface area contributed by atoms with Crippen LogP contribution in [0, 0.1) is 5.92 Å². The third kappa shape index (κ3) is 3.84. The molecule has 2 N–H and O–H groups in total. The first-order valence-corrected chi connectivity index (χ1v) is 7.27. The third-order valence-electron chi connectivity index (χ3n) is 4.20. The molecule has 2 unspecified atom stereocenters. The van der Waals surface area contributed by atoms with Gasteiger partial charge in [0.05, 0.1) is 6.33 Å². The predicted molar refractivity (Wildman–Crippen MR) is 87.8 cm³/mol. The number of hydrogen-bond acceptors (Lipinski definition) is 3. The first-order valence-electron chi connectivity index (χ1n) is 7.27. The van der Waals surface area contributed by atoms with E-state index in [9.17, 15) is 0 Å². The molecule has 0 bridgehead atoms. The minimum Gasteiger partial charge on any atom is -0.327 e. The molecule has 0 aliphatic carbocycles. The summed E-state index contributed by atoms with van der Waals surface area (Å²) in [6.45, 7) is 5.47. The van der Waals surface area contributed by atoms with Crippen molar-refractivity contribution in [2.45, 2.75) is 25.9 Å². The largest absolute Gasteiger partial charge is 0.327 e. The van der Waals surface area contributed by atoms with E-state index in [0.717, 1.165) is 31.7 Å². The highest BCUT2D eigenvalue weighted by Gasteiger charge is 2.22. The summed E-state index contributed by atoms with van der Waals surface area (Å²) < 4.78 is 2.02. The molecule has 2 heterocycles. The number of nitrogens with two attached hydrogens (primary N) is 1. The van der Waals surface area contributed by atoms with Crippen molar-refractivity contribution in [1.82, 2.24) is 14.5 Å². The SMILES string of the molecule is CC1CN(Cc2ccc(-n3ccnc3)cc2)CCC1N.Cl. The van der Waals surface area contributed by atoms with Crippen LogP contribution in [-0.4, -0.2) is 33.6 Å². The zero-order valence-corrected chi connectivity index (χ0v) is 13.2. The number of likely N-dealkylation sites (tertiary alicyclic amines) is 1. The lowest BCUT2D eigenvalue weighted by Crippen LogP contribution is -2.45. The second-order valence-electron chi connectivity index (χ2n) is 5.80. The van der Waals surface area contributed by atoms with Gasteiger partial charge in [0, 0.05) is 37.2 Å². The number of piperidine rings is 1. The molecule has 2 atom stereocenters. The van der Waals surface area contributed by atoms with Gasteiger partial charge in [-0.1, -0.05) is 19.1 Å². The van der Waals surface area contributed by atoms with E-state index < -0.39 is 0 Å². The summed E-state index contributed by atoms with van der Waals surface area (Å²) in [5.41, 5.74) is 8.58. The predicted octanol–water partition coefficient (Wildman–Crippen LogP) is 2.46. The van der Waals surface area contributed by atoms with Gasteiger partial charge in [-0.25, -0.2) is 4.98 Å². The molecule has 4 nitrogen and oxygen atoms in total. The van der Waals surface area contributed by atoms with E-state index in [0.29, 0.717) is 12.0 Å². The van der Waals surface area contributed by atoms with E-state index in [-0.39, 0.29) is 12.4 Å². The molecule has 3 rings (SSSR count). The molecule has 2 aromatic rings. The summed E-state index contributed by atoms with van der Waals surface area (Å²) in [7, 11) is 0. The molecule has 0 saturated carbocycles. The number of imidazole rings is 1. The van der Waals surface area contributed by atoms with E-state index in [2.05, 4.69) is 41.1 Å². The topological polar surface area (TPSA) is 47.1 Å². The molecule has 1 fully saturated rings. The molecule has 0 amide bonds. The van der Waals surface area contributed by atoms with Crippen molar-refractivity contribution >= 4 is 12.4 Å². The van der Waals surface area contributed by atoms with Gasteiger partial charge in [0.1, 0.15) is 0 Å². The Morgan fingerprint density at radius 3 is 2.67 bits per heavy atom. The van der Waals surface area contributed by atoms with Crippen molar-refractivity contribution in [2.75, 3.05) is 13.1 Å². The molecule has 1 aliphatic rings. The van der Waals surface area contributed by atoms with Gasteiger partial charge in [-0.2, -0.15) is 0 Å². The molecule has 5 heteroatoms. The molecule has 1 aliphatic heterocycles. The van der Waals surface area contributed by atoms with E-state index >= 15 is 0 Å². The summed E-state index contributed by atoms with van der Waals surface area (Å²) in [6.07, 6.45) is 6.69. The van der Waals surface area contributed by atoms with Crippen LogP contribution in [0.1, 0.15) is 18.9 Å². The Labute approximate surface area is 132 Å². The Morgan fingerprint density at radius 2 is 2.05 bits per heavy atom. The van der Waals surface area contributed by atoms with Gasteiger partial charge in [-0.15, -0.1) is 12.4 Å². The fourth-order valence-corrected chi connectivity index (χ4v) is 2.84. The lowest BCUT2D eigenvalue weighted by molar-refractivity contribution is 0.158. The van der Waals surface area contributed by atoms with Gasteiger partial charge in [-0.05, 0) is 36.6 Å². The quantitative estimate of drug-likeness (QED) is 0.947. The minimum absolute atomic E-state index is 0. The molecule has 1 aromatic heterocycles. The van der Waals surface area contributed by atoms with Crippen LogP contribution in [0.25, 0.3) is 5.69 Å². The number of rotatable bonds is 3. The first kappa shape index (κ1) is 16.0. The summed E-state index contributed by atoms with van der Waals surface area (Å²) in [5, 5.41) is 0. The molecule has 114 valence electrons. The lowest BCUT2D eigenvalue weighted by atomic mass is 9.94.